The number of esters is 1. The van der Waals surface area contributed by atoms with Crippen molar-refractivity contribution in [2.24, 2.45) is 21.4 Å². The van der Waals surface area contributed by atoms with Crippen molar-refractivity contribution in [3.8, 4) is 0 Å². The number of nitrogens with zero attached hydrogens (tertiary/aromatic N) is 1. The average molecular weight is 405 g/mol. The van der Waals surface area contributed by atoms with Gasteiger partial charge < -0.3 is 20.0 Å². The lowest BCUT2D eigenvalue weighted by Crippen LogP contribution is -2.70. The first-order chi connectivity index (χ1) is 13.5. The first kappa shape index (κ1) is 20.4. The lowest BCUT2D eigenvalue weighted by Gasteiger charge is -2.67. The zero-order chi connectivity index (χ0) is 21.3. The number of nitrogens with one attached hydrogen (secondary N) is 1. The smallest absolute Gasteiger partial charge is 0.336 e. The Labute approximate surface area is 171 Å². The van der Waals surface area contributed by atoms with E-state index in [4.69, 9.17) is 9.47 Å². The number of carbonyl (C=O) groups excluding carboxylic acids is 2. The minimum atomic E-state index is -0.794. The Balaban J connectivity index is 1.84. The van der Waals surface area contributed by atoms with E-state index in [1.807, 2.05) is 13.0 Å². The topological polar surface area (TPSA) is 97.2 Å². The molecule has 0 radical (unpaired) electrons. The summed E-state index contributed by atoms with van der Waals surface area (Å²) in [5.74, 6) is -0.323. The zero-order valence-corrected chi connectivity index (χ0v) is 18.0. The fourth-order valence-electron chi connectivity index (χ4n) is 6.93. The molecule has 3 heterocycles. The van der Waals surface area contributed by atoms with Crippen LogP contribution in [0, 0.1) is 16.2 Å². The first-order valence-corrected chi connectivity index (χ1v) is 10.5. The van der Waals surface area contributed by atoms with Gasteiger partial charge in [0.15, 0.2) is 0 Å². The Bertz CT molecular complexity index is 824. The number of carbonyl (C=O) groups is 2. The third-order valence-corrected chi connectivity index (χ3v) is 9.51. The van der Waals surface area contributed by atoms with Crippen LogP contribution in [0.15, 0.2) is 16.8 Å². The summed E-state index contributed by atoms with van der Waals surface area (Å²) < 4.78 is 11.7. The van der Waals surface area contributed by atoms with Gasteiger partial charge in [-0.15, -0.1) is 0 Å². The van der Waals surface area contributed by atoms with E-state index in [-0.39, 0.29) is 34.2 Å². The lowest BCUT2D eigenvalue weighted by molar-refractivity contribution is -0.206. The lowest BCUT2D eigenvalue weighted by atomic mass is 9.38. The van der Waals surface area contributed by atoms with Crippen LogP contribution in [0.5, 0.6) is 0 Å². The molecule has 2 N–H and O–H groups in total. The molecule has 0 aromatic heterocycles. The van der Waals surface area contributed by atoms with Crippen LogP contribution in [0.3, 0.4) is 0 Å². The van der Waals surface area contributed by atoms with Crippen molar-refractivity contribution in [3.63, 3.8) is 0 Å². The van der Waals surface area contributed by atoms with Crippen LogP contribution in [-0.2, 0) is 19.1 Å². The molecule has 1 saturated carbocycles. The van der Waals surface area contributed by atoms with Crippen molar-refractivity contribution in [2.75, 3.05) is 6.61 Å². The molecule has 29 heavy (non-hydrogen) atoms. The number of ether oxygens (including phenoxy) is 2. The molecule has 4 aliphatic rings. The fourth-order valence-corrected chi connectivity index (χ4v) is 6.93. The van der Waals surface area contributed by atoms with Gasteiger partial charge in [-0.2, -0.15) is 0 Å². The van der Waals surface area contributed by atoms with Gasteiger partial charge in [-0.25, -0.2) is 4.79 Å². The van der Waals surface area contributed by atoms with Crippen molar-refractivity contribution >= 4 is 18.1 Å². The van der Waals surface area contributed by atoms with Crippen molar-refractivity contribution in [2.45, 2.75) is 84.0 Å². The van der Waals surface area contributed by atoms with Gasteiger partial charge in [0.1, 0.15) is 6.61 Å². The van der Waals surface area contributed by atoms with E-state index in [2.05, 4.69) is 38.2 Å². The third kappa shape index (κ3) is 2.36. The van der Waals surface area contributed by atoms with Crippen LogP contribution in [0.2, 0.25) is 0 Å². The maximum absolute atomic E-state index is 12.6. The number of fused-ring (bicyclic) bond motifs is 3. The van der Waals surface area contributed by atoms with Gasteiger partial charge in [-0.05, 0) is 51.0 Å². The molecule has 0 bridgehead atoms. The summed E-state index contributed by atoms with van der Waals surface area (Å²) in [5, 5.41) is 15.9. The number of oxime groups is 1. The molecule has 0 unspecified atom stereocenters. The van der Waals surface area contributed by atoms with Crippen molar-refractivity contribution in [1.82, 2.24) is 5.32 Å². The predicted octanol–water partition coefficient (Wildman–Crippen LogP) is 2.96. The molecule has 6 atom stereocenters. The third-order valence-electron chi connectivity index (χ3n) is 9.51. The summed E-state index contributed by atoms with van der Waals surface area (Å²) in [6, 6.07) is 0. The number of cyclic esters (lactones) is 1. The molecular weight excluding hydrogens is 372 g/mol. The Kier molecular flexibility index (Phi) is 4.26. The van der Waals surface area contributed by atoms with Crippen LogP contribution in [0.1, 0.15) is 66.7 Å². The van der Waals surface area contributed by atoms with E-state index < -0.39 is 11.1 Å². The van der Waals surface area contributed by atoms with Gasteiger partial charge in [-0.1, -0.05) is 25.9 Å². The molecule has 0 aromatic rings. The largest absolute Gasteiger partial charge is 0.458 e. The fraction of sp³-hybridized carbons (Fsp3) is 0.773. The van der Waals surface area contributed by atoms with Crippen LogP contribution >= 0.6 is 0 Å². The van der Waals surface area contributed by atoms with E-state index >= 15 is 0 Å². The monoisotopic (exact) mass is 404 g/mol. The molecule has 1 aliphatic carbocycles. The number of amides is 1. The molecule has 3 fully saturated rings. The number of rotatable bonds is 2. The maximum atomic E-state index is 12.6. The molecule has 7 nitrogen and oxygen atoms in total. The molecule has 0 aromatic carbocycles. The summed E-state index contributed by atoms with van der Waals surface area (Å²) in [6.45, 7) is 11.1. The maximum Gasteiger partial charge on any atom is 0.336 e. The molecule has 4 rings (SSSR count). The van der Waals surface area contributed by atoms with Gasteiger partial charge in [0.2, 0.25) is 5.91 Å². The predicted molar refractivity (Wildman–Crippen MR) is 107 cm³/mol. The molecular formula is C22H32N2O5. The second-order valence-electron chi connectivity index (χ2n) is 10.3. The molecule has 2 saturated heterocycles. The second-order valence-corrected chi connectivity index (χ2v) is 10.3. The van der Waals surface area contributed by atoms with E-state index in [1.165, 1.54) is 6.21 Å². The van der Waals surface area contributed by atoms with E-state index in [0.717, 1.165) is 12.8 Å². The summed E-state index contributed by atoms with van der Waals surface area (Å²) in [5.41, 5.74) is -1.57. The summed E-state index contributed by atoms with van der Waals surface area (Å²) in [6.07, 6.45) is 6.40. The van der Waals surface area contributed by atoms with Gasteiger partial charge in [0, 0.05) is 17.3 Å². The highest BCUT2D eigenvalue weighted by Crippen LogP contribution is 2.73. The van der Waals surface area contributed by atoms with Crippen molar-refractivity contribution in [3.05, 3.63) is 11.6 Å². The van der Waals surface area contributed by atoms with Crippen molar-refractivity contribution < 1.29 is 24.3 Å². The average Bonchev–Trinajstić information content (AvgIpc) is 3.17. The first-order valence-electron chi connectivity index (χ1n) is 10.5. The van der Waals surface area contributed by atoms with Gasteiger partial charge in [0.25, 0.3) is 0 Å². The van der Waals surface area contributed by atoms with Crippen LogP contribution in [0.4, 0.5) is 0 Å². The molecule has 1 amide bonds. The van der Waals surface area contributed by atoms with Crippen LogP contribution < -0.4 is 5.32 Å². The van der Waals surface area contributed by atoms with Crippen LogP contribution in [0.25, 0.3) is 0 Å². The number of hydrogen-bond acceptors (Lipinski definition) is 6. The van der Waals surface area contributed by atoms with Gasteiger partial charge in [-0.3, -0.25) is 4.79 Å². The molecule has 7 heteroatoms. The molecule has 0 spiro atoms. The molecule has 3 aliphatic heterocycles. The minimum Gasteiger partial charge on any atom is -0.458 e. The Morgan fingerprint density at radius 2 is 1.83 bits per heavy atom. The Morgan fingerprint density at radius 1 is 1.10 bits per heavy atom. The highest BCUT2D eigenvalue weighted by Gasteiger charge is 2.73. The van der Waals surface area contributed by atoms with E-state index in [0.29, 0.717) is 31.4 Å². The zero-order valence-electron chi connectivity index (χ0n) is 18.0. The standard InChI is InChI=1S/C22H32N2O5/c1-18-8-6-16(25)24-21(4,13-23-27)19(18,2)9-10-22(5)20(18,3)12-15(29-22)14-7-11-28-17(14)26/h7,13,15,27H,6,8-12H2,1-5H3,(H,24,25)/b23-13+/t15-,18+,19-,20-,21-,22+/m0/s1. The molecule has 160 valence electrons. The van der Waals surface area contributed by atoms with Gasteiger partial charge >= 0.3 is 5.97 Å². The second kappa shape index (κ2) is 6.06. The SMILES string of the molecule is C[C@@]12CCC(=O)N[C@@](C)(/C=N/O)[C@@]1(C)CC[C@@]1(C)O[C@H](C3=CCOC3=O)C[C@@]21C. The summed E-state index contributed by atoms with van der Waals surface area (Å²) >= 11 is 0. The van der Waals surface area contributed by atoms with E-state index in [9.17, 15) is 14.8 Å². The quantitative estimate of drug-likeness (QED) is 0.319. The summed E-state index contributed by atoms with van der Waals surface area (Å²) in [4.78, 5) is 24.9. The minimum absolute atomic E-state index is 0.0351. The normalized spacial score (nSPS) is 49.8. The van der Waals surface area contributed by atoms with E-state index in [1.54, 1.807) is 0 Å². The van der Waals surface area contributed by atoms with Crippen molar-refractivity contribution in [1.29, 1.82) is 0 Å². The Hall–Kier alpha value is -1.89. The highest BCUT2D eigenvalue weighted by molar-refractivity contribution is 5.91. The van der Waals surface area contributed by atoms with Crippen LogP contribution in [-0.4, -0.2) is 47.1 Å². The highest BCUT2D eigenvalue weighted by atomic mass is 16.5. The Morgan fingerprint density at radius 3 is 2.45 bits per heavy atom. The number of hydrogen-bond donors (Lipinski definition) is 2. The summed E-state index contributed by atoms with van der Waals surface area (Å²) in [7, 11) is 0. The van der Waals surface area contributed by atoms with Gasteiger partial charge in [0.05, 0.1) is 29.0 Å².